The van der Waals surface area contributed by atoms with Crippen LogP contribution in [0, 0.1) is 17.8 Å². The maximum Gasteiger partial charge on any atom is 0.491 e. The van der Waals surface area contributed by atoms with Crippen LogP contribution >= 0.6 is 0 Å². The summed E-state index contributed by atoms with van der Waals surface area (Å²) in [7, 11) is 0.0897. The van der Waals surface area contributed by atoms with Crippen molar-refractivity contribution in [3.63, 3.8) is 0 Å². The van der Waals surface area contributed by atoms with Crippen molar-refractivity contribution in [3.8, 4) is 0 Å². The highest BCUT2D eigenvalue weighted by Gasteiger charge is 2.49. The third-order valence-electron chi connectivity index (χ3n) is 7.64. The maximum atomic E-state index is 10.00. The van der Waals surface area contributed by atoms with Gasteiger partial charge in [-0.25, -0.2) is 0 Å². The number of epoxide rings is 1. The van der Waals surface area contributed by atoms with Crippen LogP contribution in [0.3, 0.4) is 0 Å². The Bertz CT molecular complexity index is 519. The van der Waals surface area contributed by atoms with Crippen molar-refractivity contribution in [2.45, 2.75) is 95.2 Å². The zero-order valence-electron chi connectivity index (χ0n) is 19.0. The summed E-state index contributed by atoms with van der Waals surface area (Å²) in [6.07, 6.45) is 9.81. The molecule has 0 amide bonds. The van der Waals surface area contributed by atoms with Gasteiger partial charge in [-0.05, 0) is 81.7 Å². The summed E-state index contributed by atoms with van der Waals surface area (Å²) in [5.74, 6) is 1.72. The van der Waals surface area contributed by atoms with Gasteiger partial charge in [0.15, 0.2) is 0 Å². The summed E-state index contributed by atoms with van der Waals surface area (Å²) in [6, 6.07) is 1.79. The number of hydrogen-bond donors (Lipinski definition) is 1. The van der Waals surface area contributed by atoms with E-state index in [2.05, 4.69) is 13.5 Å². The predicted molar refractivity (Wildman–Crippen MR) is 117 cm³/mol. The number of aliphatic hydroxyl groups excluding tert-OH is 1. The largest absolute Gasteiger partial charge is 0.491 e. The van der Waals surface area contributed by atoms with Gasteiger partial charge in [0, 0.05) is 27.4 Å². The Morgan fingerprint density at radius 1 is 0.862 bits per heavy atom. The Labute approximate surface area is 179 Å². The van der Waals surface area contributed by atoms with Crippen LogP contribution in [0.5, 0.6) is 0 Å². The second-order valence-corrected chi connectivity index (χ2v) is 16.4. The van der Waals surface area contributed by atoms with Crippen LogP contribution in [0.4, 0.5) is 0 Å². The van der Waals surface area contributed by atoms with Gasteiger partial charge in [0.1, 0.15) is 0 Å². The summed E-state index contributed by atoms with van der Waals surface area (Å²) in [4.78, 5) is 0. The third kappa shape index (κ3) is 6.35. The molecule has 0 aromatic heterocycles. The maximum absolute atomic E-state index is 10.00. The standard InChI is InChI=1S/C21H42O6Si2/c1-16-14-17(6-8-19(16)22)10-12-28(5,23-2)27-29(24-3,25-4)13-11-18-7-9-20-21(15-18)26-20/h16-22H,6-15H2,1-5H3. The SMILES string of the molecule is CO[Si](C)(CCC1CCC(O)C(C)C1)O[Si](CCC1CCC2OC2C1)(OC)OC. The van der Waals surface area contributed by atoms with Crippen molar-refractivity contribution in [2.75, 3.05) is 21.3 Å². The van der Waals surface area contributed by atoms with E-state index in [9.17, 15) is 5.11 Å². The molecule has 3 fully saturated rings. The van der Waals surface area contributed by atoms with E-state index in [-0.39, 0.29) is 6.10 Å². The first-order chi connectivity index (χ1) is 13.8. The average Bonchev–Trinajstić information content (AvgIpc) is 3.51. The van der Waals surface area contributed by atoms with E-state index < -0.39 is 17.4 Å². The Hall–Kier alpha value is 0.194. The first-order valence-corrected chi connectivity index (χ1v) is 16.0. The Kier molecular flexibility index (Phi) is 8.39. The second-order valence-electron chi connectivity index (χ2n) is 9.72. The summed E-state index contributed by atoms with van der Waals surface area (Å²) >= 11 is 0. The minimum atomic E-state index is -2.75. The van der Waals surface area contributed by atoms with Gasteiger partial charge >= 0.3 is 17.4 Å². The van der Waals surface area contributed by atoms with Crippen LogP contribution in [-0.2, 0) is 22.1 Å². The highest BCUT2D eigenvalue weighted by Crippen LogP contribution is 2.42. The first-order valence-electron chi connectivity index (χ1n) is 11.5. The van der Waals surface area contributed by atoms with Gasteiger partial charge in [0.2, 0.25) is 0 Å². The molecule has 0 radical (unpaired) electrons. The van der Waals surface area contributed by atoms with E-state index >= 15 is 0 Å². The fourth-order valence-electron chi connectivity index (χ4n) is 5.30. The van der Waals surface area contributed by atoms with Crippen molar-refractivity contribution in [1.29, 1.82) is 0 Å². The molecule has 2 saturated carbocycles. The fourth-order valence-corrected chi connectivity index (χ4v) is 12.2. The Morgan fingerprint density at radius 3 is 2.14 bits per heavy atom. The number of aliphatic hydroxyl groups is 1. The quantitative estimate of drug-likeness (QED) is 0.381. The van der Waals surface area contributed by atoms with Crippen LogP contribution in [0.2, 0.25) is 18.6 Å². The van der Waals surface area contributed by atoms with Gasteiger partial charge in [-0.3, -0.25) is 0 Å². The van der Waals surface area contributed by atoms with E-state index in [1.807, 2.05) is 0 Å². The van der Waals surface area contributed by atoms with Crippen LogP contribution in [0.25, 0.3) is 0 Å². The van der Waals surface area contributed by atoms with E-state index in [1.165, 1.54) is 19.3 Å². The molecule has 170 valence electrons. The van der Waals surface area contributed by atoms with Crippen LogP contribution in [0.1, 0.15) is 58.3 Å². The first kappa shape index (κ1) is 23.8. The molecule has 2 aliphatic carbocycles. The molecule has 29 heavy (non-hydrogen) atoms. The topological polar surface area (TPSA) is 69.7 Å². The third-order valence-corrected chi connectivity index (χ3v) is 14.8. The van der Waals surface area contributed by atoms with Crippen molar-refractivity contribution >= 4 is 17.4 Å². The highest BCUT2D eigenvalue weighted by molar-refractivity contribution is 6.77. The van der Waals surface area contributed by atoms with Gasteiger partial charge in [0.25, 0.3) is 0 Å². The van der Waals surface area contributed by atoms with E-state index in [1.54, 1.807) is 21.3 Å². The minimum Gasteiger partial charge on any atom is -0.398 e. The summed E-state index contributed by atoms with van der Waals surface area (Å²) in [5, 5.41) is 10.00. The molecule has 0 bridgehead atoms. The van der Waals surface area contributed by atoms with Crippen LogP contribution in [-0.4, -0.2) is 62.1 Å². The number of ether oxygens (including phenoxy) is 1. The highest BCUT2D eigenvalue weighted by atomic mass is 28.5. The van der Waals surface area contributed by atoms with Gasteiger partial charge < -0.3 is 27.2 Å². The van der Waals surface area contributed by atoms with Crippen molar-refractivity contribution in [1.82, 2.24) is 0 Å². The molecule has 8 heteroatoms. The predicted octanol–water partition coefficient (Wildman–Crippen LogP) is 4.10. The molecule has 1 heterocycles. The molecule has 6 nitrogen and oxygen atoms in total. The van der Waals surface area contributed by atoms with Crippen molar-refractivity contribution in [3.05, 3.63) is 0 Å². The lowest BCUT2D eigenvalue weighted by Crippen LogP contribution is -2.54. The summed E-state index contributed by atoms with van der Waals surface area (Å²) in [5.41, 5.74) is 0. The zero-order valence-corrected chi connectivity index (χ0v) is 21.0. The van der Waals surface area contributed by atoms with Gasteiger partial charge in [0.05, 0.1) is 18.3 Å². The van der Waals surface area contributed by atoms with Crippen molar-refractivity contribution in [2.24, 2.45) is 17.8 Å². The number of fused-ring (bicyclic) bond motifs is 1. The van der Waals surface area contributed by atoms with Crippen LogP contribution < -0.4 is 0 Å². The number of rotatable bonds is 11. The molecule has 0 aromatic carbocycles. The summed E-state index contributed by atoms with van der Waals surface area (Å²) < 4.78 is 30.2. The molecular formula is C21H42O6Si2. The second kappa shape index (κ2) is 10.2. The lowest BCUT2D eigenvalue weighted by molar-refractivity contribution is 0.0557. The molecule has 1 aliphatic heterocycles. The monoisotopic (exact) mass is 446 g/mol. The Morgan fingerprint density at radius 2 is 1.52 bits per heavy atom. The smallest absolute Gasteiger partial charge is 0.398 e. The molecule has 3 rings (SSSR count). The molecule has 1 saturated heterocycles. The van der Waals surface area contributed by atoms with E-state index in [0.29, 0.717) is 30.0 Å². The molecular weight excluding hydrogens is 404 g/mol. The van der Waals surface area contributed by atoms with Gasteiger partial charge in [-0.2, -0.15) is 0 Å². The normalized spacial score (nSPS) is 37.0. The lowest BCUT2D eigenvalue weighted by Gasteiger charge is -2.38. The molecule has 7 atom stereocenters. The van der Waals surface area contributed by atoms with E-state index in [0.717, 1.165) is 44.2 Å². The molecule has 0 spiro atoms. The van der Waals surface area contributed by atoms with Gasteiger partial charge in [-0.1, -0.05) is 6.92 Å². The molecule has 1 N–H and O–H groups in total. The summed E-state index contributed by atoms with van der Waals surface area (Å²) in [6.45, 7) is 4.31. The van der Waals surface area contributed by atoms with Crippen LogP contribution in [0.15, 0.2) is 0 Å². The van der Waals surface area contributed by atoms with Crippen molar-refractivity contribution < 1.29 is 27.2 Å². The fraction of sp³-hybridized carbons (Fsp3) is 1.00. The van der Waals surface area contributed by atoms with E-state index in [4.69, 9.17) is 22.1 Å². The molecule has 3 aliphatic rings. The minimum absolute atomic E-state index is 0.133. The average molecular weight is 447 g/mol. The van der Waals surface area contributed by atoms with Gasteiger partial charge in [-0.15, -0.1) is 0 Å². The zero-order chi connectivity index (χ0) is 21.1. The molecule has 7 unspecified atom stereocenters. The number of hydrogen-bond acceptors (Lipinski definition) is 6. The molecule has 0 aromatic rings. The Balaban J connectivity index is 1.52. The lowest BCUT2D eigenvalue weighted by atomic mass is 9.79.